The van der Waals surface area contributed by atoms with Crippen LogP contribution in [0.1, 0.15) is 9.67 Å². The summed E-state index contributed by atoms with van der Waals surface area (Å²) in [5, 5.41) is 3.95. The van der Waals surface area contributed by atoms with Gasteiger partial charge in [-0.25, -0.2) is 12.8 Å². The number of halogens is 1. The van der Waals surface area contributed by atoms with Crippen molar-refractivity contribution in [2.24, 2.45) is 0 Å². The van der Waals surface area contributed by atoms with Crippen LogP contribution < -0.4 is 5.32 Å². The molecule has 1 aliphatic heterocycles. The number of benzene rings is 1. The van der Waals surface area contributed by atoms with E-state index in [0.29, 0.717) is 13.2 Å². The first-order valence-corrected chi connectivity index (χ1v) is 9.53. The molecule has 1 saturated heterocycles. The SMILES string of the molecule is O=C(Nc1ccccc1F)c1sccc1S(=O)(=O)N1CCOCC1. The van der Waals surface area contributed by atoms with Crippen LogP contribution in [0.25, 0.3) is 0 Å². The molecule has 0 unspecified atom stereocenters. The molecule has 0 saturated carbocycles. The molecule has 1 N–H and O–H groups in total. The lowest BCUT2D eigenvalue weighted by molar-refractivity contribution is 0.0730. The van der Waals surface area contributed by atoms with E-state index in [1.165, 1.54) is 34.0 Å². The van der Waals surface area contributed by atoms with Gasteiger partial charge in [0, 0.05) is 13.1 Å². The molecule has 128 valence electrons. The Hall–Kier alpha value is -1.81. The Morgan fingerprint density at radius 2 is 1.92 bits per heavy atom. The Kier molecular flexibility index (Phi) is 4.95. The molecule has 0 bridgehead atoms. The minimum absolute atomic E-state index is 0.00520. The zero-order valence-corrected chi connectivity index (χ0v) is 14.2. The molecule has 9 heteroatoms. The fourth-order valence-corrected chi connectivity index (χ4v) is 5.04. The Morgan fingerprint density at radius 1 is 1.21 bits per heavy atom. The lowest BCUT2D eigenvalue weighted by atomic mass is 10.3. The predicted octanol–water partition coefficient (Wildman–Crippen LogP) is 2.16. The fraction of sp³-hybridized carbons (Fsp3) is 0.267. The van der Waals surface area contributed by atoms with E-state index in [1.807, 2.05) is 0 Å². The molecule has 2 heterocycles. The third kappa shape index (κ3) is 3.34. The maximum absolute atomic E-state index is 13.7. The molecule has 3 rings (SSSR count). The van der Waals surface area contributed by atoms with E-state index in [1.54, 1.807) is 6.07 Å². The van der Waals surface area contributed by atoms with Crippen LogP contribution in [0.4, 0.5) is 10.1 Å². The summed E-state index contributed by atoms with van der Waals surface area (Å²) < 4.78 is 45.5. The van der Waals surface area contributed by atoms with Crippen molar-refractivity contribution in [3.05, 3.63) is 46.4 Å². The summed E-state index contributed by atoms with van der Waals surface area (Å²) in [7, 11) is -3.79. The Morgan fingerprint density at radius 3 is 2.62 bits per heavy atom. The van der Waals surface area contributed by atoms with Crippen LogP contribution in [0.3, 0.4) is 0 Å². The normalized spacial score (nSPS) is 16.0. The van der Waals surface area contributed by atoms with E-state index in [2.05, 4.69) is 5.32 Å². The number of carbonyl (C=O) groups excluding carboxylic acids is 1. The average molecular weight is 370 g/mol. The number of hydrogen-bond acceptors (Lipinski definition) is 5. The monoisotopic (exact) mass is 370 g/mol. The zero-order valence-electron chi connectivity index (χ0n) is 12.6. The zero-order chi connectivity index (χ0) is 17.2. The summed E-state index contributed by atoms with van der Waals surface area (Å²) in [5.74, 6) is -1.23. The van der Waals surface area contributed by atoms with E-state index < -0.39 is 21.7 Å². The minimum Gasteiger partial charge on any atom is -0.379 e. The molecular weight excluding hydrogens is 355 g/mol. The maximum Gasteiger partial charge on any atom is 0.267 e. The van der Waals surface area contributed by atoms with Crippen molar-refractivity contribution >= 4 is 33.0 Å². The average Bonchev–Trinajstić information content (AvgIpc) is 3.08. The number of amides is 1. The summed E-state index contributed by atoms with van der Waals surface area (Å²) in [4.78, 5) is 12.4. The largest absolute Gasteiger partial charge is 0.379 e. The van der Waals surface area contributed by atoms with Crippen LogP contribution in [0.5, 0.6) is 0 Å². The summed E-state index contributed by atoms with van der Waals surface area (Å²) in [6.07, 6.45) is 0. The van der Waals surface area contributed by atoms with E-state index in [4.69, 9.17) is 4.74 Å². The van der Waals surface area contributed by atoms with E-state index in [0.717, 1.165) is 11.3 Å². The number of para-hydroxylation sites is 1. The van der Waals surface area contributed by atoms with Crippen LogP contribution >= 0.6 is 11.3 Å². The topological polar surface area (TPSA) is 75.7 Å². The van der Waals surface area contributed by atoms with Gasteiger partial charge >= 0.3 is 0 Å². The van der Waals surface area contributed by atoms with Crippen LogP contribution in [0.2, 0.25) is 0 Å². The second kappa shape index (κ2) is 6.98. The van der Waals surface area contributed by atoms with E-state index >= 15 is 0 Å². The highest BCUT2D eigenvalue weighted by atomic mass is 32.2. The molecule has 1 fully saturated rings. The lowest BCUT2D eigenvalue weighted by Crippen LogP contribution is -2.41. The van der Waals surface area contributed by atoms with Crippen molar-refractivity contribution in [2.45, 2.75) is 4.90 Å². The molecule has 1 aromatic carbocycles. The Bertz CT molecular complexity index is 845. The van der Waals surface area contributed by atoms with Gasteiger partial charge in [-0.15, -0.1) is 11.3 Å². The van der Waals surface area contributed by atoms with Gasteiger partial charge in [0.25, 0.3) is 5.91 Å². The van der Waals surface area contributed by atoms with E-state index in [-0.39, 0.29) is 28.5 Å². The Labute approximate surface area is 142 Å². The van der Waals surface area contributed by atoms with Gasteiger partial charge < -0.3 is 10.1 Å². The number of anilines is 1. The minimum atomic E-state index is -3.79. The van der Waals surface area contributed by atoms with E-state index in [9.17, 15) is 17.6 Å². The van der Waals surface area contributed by atoms with Gasteiger partial charge in [-0.3, -0.25) is 4.79 Å². The molecule has 0 atom stereocenters. The summed E-state index contributed by atoms with van der Waals surface area (Å²) >= 11 is 1.00. The molecule has 2 aromatic rings. The second-order valence-corrected chi connectivity index (χ2v) is 7.89. The highest BCUT2D eigenvalue weighted by molar-refractivity contribution is 7.89. The fourth-order valence-electron chi connectivity index (χ4n) is 2.33. The number of carbonyl (C=O) groups is 1. The van der Waals surface area contributed by atoms with Crippen LogP contribution in [0.15, 0.2) is 40.6 Å². The highest BCUT2D eigenvalue weighted by Crippen LogP contribution is 2.27. The summed E-state index contributed by atoms with van der Waals surface area (Å²) in [5.41, 5.74) is 0.00520. The maximum atomic E-state index is 13.7. The van der Waals surface area contributed by atoms with Gasteiger partial charge in [0.1, 0.15) is 15.6 Å². The van der Waals surface area contributed by atoms with Gasteiger partial charge in [-0.2, -0.15) is 4.31 Å². The predicted molar refractivity (Wildman–Crippen MR) is 88.3 cm³/mol. The number of thiophene rings is 1. The molecule has 1 amide bonds. The number of nitrogens with zero attached hydrogens (tertiary/aromatic N) is 1. The van der Waals surface area contributed by atoms with Crippen molar-refractivity contribution in [3.63, 3.8) is 0 Å². The second-order valence-electron chi connectivity index (χ2n) is 5.06. The first-order chi connectivity index (χ1) is 11.5. The Balaban J connectivity index is 1.87. The van der Waals surface area contributed by atoms with Crippen LogP contribution in [-0.2, 0) is 14.8 Å². The van der Waals surface area contributed by atoms with Crippen molar-refractivity contribution in [3.8, 4) is 0 Å². The number of nitrogens with one attached hydrogen (secondary N) is 1. The van der Waals surface area contributed by atoms with Crippen molar-refractivity contribution in [1.82, 2.24) is 4.31 Å². The molecule has 0 spiro atoms. The molecule has 1 aromatic heterocycles. The van der Waals surface area contributed by atoms with Gasteiger partial charge in [0.15, 0.2) is 0 Å². The standard InChI is InChI=1S/C15H15FN2O4S2/c16-11-3-1-2-4-12(11)17-15(19)14-13(5-10-23-14)24(20,21)18-6-8-22-9-7-18/h1-5,10H,6-9H2,(H,17,19). The molecule has 6 nitrogen and oxygen atoms in total. The number of morpholine rings is 1. The van der Waals surface area contributed by atoms with Gasteiger partial charge in [-0.1, -0.05) is 12.1 Å². The molecule has 24 heavy (non-hydrogen) atoms. The smallest absolute Gasteiger partial charge is 0.267 e. The first-order valence-electron chi connectivity index (χ1n) is 7.21. The van der Waals surface area contributed by atoms with Gasteiger partial charge in [-0.05, 0) is 23.6 Å². The molecular formula is C15H15FN2O4S2. The van der Waals surface area contributed by atoms with Gasteiger partial charge in [0.2, 0.25) is 10.0 Å². The van der Waals surface area contributed by atoms with Crippen molar-refractivity contribution < 1.29 is 22.3 Å². The number of ether oxygens (including phenoxy) is 1. The summed E-state index contributed by atoms with van der Waals surface area (Å²) in [6, 6.07) is 7.11. The highest BCUT2D eigenvalue weighted by Gasteiger charge is 2.31. The molecule has 0 radical (unpaired) electrons. The lowest BCUT2D eigenvalue weighted by Gasteiger charge is -2.26. The third-order valence-electron chi connectivity index (χ3n) is 3.55. The number of sulfonamides is 1. The van der Waals surface area contributed by atoms with Crippen molar-refractivity contribution in [2.75, 3.05) is 31.6 Å². The third-order valence-corrected chi connectivity index (χ3v) is 6.53. The quantitative estimate of drug-likeness (QED) is 0.895. The van der Waals surface area contributed by atoms with Crippen molar-refractivity contribution in [1.29, 1.82) is 0 Å². The first kappa shape index (κ1) is 17.0. The number of rotatable bonds is 4. The summed E-state index contributed by atoms with van der Waals surface area (Å²) in [6.45, 7) is 1.12. The molecule has 1 aliphatic rings. The van der Waals surface area contributed by atoms with Crippen LogP contribution in [0, 0.1) is 5.82 Å². The van der Waals surface area contributed by atoms with Crippen LogP contribution in [-0.4, -0.2) is 44.9 Å². The van der Waals surface area contributed by atoms with Gasteiger partial charge in [0.05, 0.1) is 18.9 Å². The molecule has 0 aliphatic carbocycles. The number of hydrogen-bond donors (Lipinski definition) is 1.